The molecule has 1 amide bonds. The lowest BCUT2D eigenvalue weighted by atomic mass is 10.2. The fourth-order valence-electron chi connectivity index (χ4n) is 2.24. The van der Waals surface area contributed by atoms with Crippen LogP contribution in [0.25, 0.3) is 10.1 Å². The van der Waals surface area contributed by atoms with Gasteiger partial charge in [-0.2, -0.15) is 0 Å². The van der Waals surface area contributed by atoms with Gasteiger partial charge in [-0.05, 0) is 37.3 Å². The van der Waals surface area contributed by atoms with Crippen LogP contribution in [0.4, 0.5) is 18.9 Å². The van der Waals surface area contributed by atoms with Crippen molar-refractivity contribution in [2.24, 2.45) is 0 Å². The van der Waals surface area contributed by atoms with Gasteiger partial charge >= 0.3 is 5.97 Å². The molecule has 1 N–H and O–H groups in total. The van der Waals surface area contributed by atoms with Crippen molar-refractivity contribution in [2.45, 2.75) is 13.0 Å². The number of anilines is 1. The first kappa shape index (κ1) is 17.9. The van der Waals surface area contributed by atoms with Crippen LogP contribution in [0.15, 0.2) is 42.5 Å². The molecule has 0 spiro atoms. The van der Waals surface area contributed by atoms with E-state index < -0.39 is 41.1 Å². The van der Waals surface area contributed by atoms with Crippen molar-refractivity contribution < 1.29 is 27.5 Å². The first-order chi connectivity index (χ1) is 12.4. The molecule has 1 atom stereocenters. The fourth-order valence-corrected chi connectivity index (χ4v) is 3.20. The highest BCUT2D eigenvalue weighted by molar-refractivity contribution is 7.20. The Kier molecular flexibility index (Phi) is 4.94. The minimum absolute atomic E-state index is 0.113. The lowest BCUT2D eigenvalue weighted by Crippen LogP contribution is -2.30. The molecule has 0 unspecified atom stereocenters. The monoisotopic (exact) mass is 379 g/mol. The molecule has 0 saturated carbocycles. The first-order valence-electron chi connectivity index (χ1n) is 7.50. The number of fused-ring (bicyclic) bond motifs is 1. The number of para-hydroxylation sites is 1. The molecular weight excluding hydrogens is 367 g/mol. The minimum Gasteiger partial charge on any atom is -0.448 e. The number of halogens is 3. The number of ether oxygens (including phenoxy) is 1. The van der Waals surface area contributed by atoms with Crippen LogP contribution in [0.3, 0.4) is 0 Å². The Morgan fingerprint density at radius 1 is 1.04 bits per heavy atom. The molecule has 1 heterocycles. The zero-order chi connectivity index (χ0) is 18.8. The molecule has 1 aromatic heterocycles. The first-order valence-corrected chi connectivity index (χ1v) is 8.32. The number of carbonyl (C=O) groups is 2. The van der Waals surface area contributed by atoms with Crippen LogP contribution >= 0.6 is 11.3 Å². The lowest BCUT2D eigenvalue weighted by Gasteiger charge is -2.13. The Labute approximate surface area is 150 Å². The van der Waals surface area contributed by atoms with E-state index >= 15 is 0 Å². The van der Waals surface area contributed by atoms with Crippen LogP contribution in [0.1, 0.15) is 16.6 Å². The molecule has 0 radical (unpaired) electrons. The zero-order valence-corrected chi connectivity index (χ0v) is 14.2. The molecule has 3 aromatic rings. The van der Waals surface area contributed by atoms with Gasteiger partial charge in [0.05, 0.1) is 0 Å². The van der Waals surface area contributed by atoms with E-state index in [4.69, 9.17) is 4.74 Å². The van der Waals surface area contributed by atoms with Crippen LogP contribution in [0, 0.1) is 17.5 Å². The van der Waals surface area contributed by atoms with Gasteiger partial charge < -0.3 is 10.1 Å². The van der Waals surface area contributed by atoms with Gasteiger partial charge in [0.25, 0.3) is 5.91 Å². The maximum atomic E-state index is 13.7. The molecule has 3 rings (SSSR count). The van der Waals surface area contributed by atoms with Gasteiger partial charge in [-0.15, -0.1) is 11.3 Å². The van der Waals surface area contributed by atoms with Crippen LogP contribution in [0.5, 0.6) is 0 Å². The summed E-state index contributed by atoms with van der Waals surface area (Å²) in [5.41, 5.74) is -0.621. The Balaban J connectivity index is 1.72. The number of nitrogens with one attached hydrogen (secondary N) is 1. The Hall–Kier alpha value is -2.87. The third kappa shape index (κ3) is 3.55. The van der Waals surface area contributed by atoms with E-state index in [1.165, 1.54) is 25.1 Å². The van der Waals surface area contributed by atoms with Crippen molar-refractivity contribution >= 4 is 39.0 Å². The van der Waals surface area contributed by atoms with Crippen LogP contribution < -0.4 is 5.32 Å². The maximum Gasteiger partial charge on any atom is 0.349 e. The fraction of sp³-hybridized carbons (Fsp3) is 0.111. The molecule has 0 aliphatic heterocycles. The minimum atomic E-state index is -1.31. The molecule has 0 aliphatic carbocycles. The third-order valence-corrected chi connectivity index (χ3v) is 4.65. The van der Waals surface area contributed by atoms with Crippen molar-refractivity contribution in [1.29, 1.82) is 0 Å². The average Bonchev–Trinajstić information content (AvgIpc) is 3.04. The average molecular weight is 379 g/mol. The highest BCUT2D eigenvalue weighted by atomic mass is 32.1. The zero-order valence-electron chi connectivity index (χ0n) is 13.4. The smallest absolute Gasteiger partial charge is 0.349 e. The number of benzene rings is 2. The van der Waals surface area contributed by atoms with Crippen molar-refractivity contribution in [3.05, 3.63) is 64.8 Å². The van der Waals surface area contributed by atoms with E-state index in [0.717, 1.165) is 29.5 Å². The largest absolute Gasteiger partial charge is 0.448 e. The highest BCUT2D eigenvalue weighted by Gasteiger charge is 2.23. The summed E-state index contributed by atoms with van der Waals surface area (Å²) in [6.45, 7) is 1.26. The van der Waals surface area contributed by atoms with E-state index in [-0.39, 0.29) is 10.3 Å². The van der Waals surface area contributed by atoms with Gasteiger partial charge in [0.2, 0.25) is 0 Å². The molecule has 2 aromatic carbocycles. The summed E-state index contributed by atoms with van der Waals surface area (Å²) in [5.74, 6) is -4.09. The summed E-state index contributed by atoms with van der Waals surface area (Å²) in [6, 6.07) is 8.90. The standard InChI is InChI=1S/C18H12F3NO3S/c1-9(17(23)22-16-12(20)5-2-6-13(16)21)25-18(24)15-8-10-11(19)4-3-7-14(10)26-15/h2-9H,1H3,(H,22,23)/t9-/m1/s1. The Morgan fingerprint density at radius 2 is 1.65 bits per heavy atom. The summed E-state index contributed by atoms with van der Waals surface area (Å²) < 4.78 is 46.4. The van der Waals surface area contributed by atoms with Crippen LogP contribution in [0.2, 0.25) is 0 Å². The van der Waals surface area contributed by atoms with Crippen molar-refractivity contribution in [1.82, 2.24) is 0 Å². The normalized spacial score (nSPS) is 12.0. The quantitative estimate of drug-likeness (QED) is 0.679. The van der Waals surface area contributed by atoms with Gasteiger partial charge in [-0.1, -0.05) is 12.1 Å². The Morgan fingerprint density at radius 3 is 2.31 bits per heavy atom. The van der Waals surface area contributed by atoms with Gasteiger partial charge in [0.15, 0.2) is 6.10 Å². The van der Waals surface area contributed by atoms with E-state index in [2.05, 4.69) is 0 Å². The lowest BCUT2D eigenvalue weighted by molar-refractivity contribution is -0.123. The molecule has 4 nitrogen and oxygen atoms in total. The predicted octanol–water partition coefficient (Wildman–Crippen LogP) is 4.50. The van der Waals surface area contributed by atoms with E-state index in [0.29, 0.717) is 4.70 Å². The second-order valence-corrected chi connectivity index (χ2v) is 6.48. The van der Waals surface area contributed by atoms with Crippen LogP contribution in [-0.4, -0.2) is 18.0 Å². The summed E-state index contributed by atoms with van der Waals surface area (Å²) in [4.78, 5) is 24.3. The van der Waals surface area contributed by atoms with Crippen molar-refractivity contribution in [3.63, 3.8) is 0 Å². The predicted molar refractivity (Wildman–Crippen MR) is 91.6 cm³/mol. The number of esters is 1. The second kappa shape index (κ2) is 7.17. The molecule has 26 heavy (non-hydrogen) atoms. The molecular formula is C18H12F3NO3S. The molecule has 134 valence electrons. The molecule has 8 heteroatoms. The maximum absolute atomic E-state index is 13.7. The Bertz CT molecular complexity index is 982. The highest BCUT2D eigenvalue weighted by Crippen LogP contribution is 2.28. The van der Waals surface area contributed by atoms with Gasteiger partial charge in [-0.25, -0.2) is 18.0 Å². The van der Waals surface area contributed by atoms with Gasteiger partial charge in [0, 0.05) is 10.1 Å². The van der Waals surface area contributed by atoms with Crippen molar-refractivity contribution in [2.75, 3.05) is 5.32 Å². The SMILES string of the molecule is C[C@@H](OC(=O)c1cc2c(F)cccc2s1)C(=O)Nc1c(F)cccc1F. The molecule has 0 saturated heterocycles. The number of hydrogen-bond acceptors (Lipinski definition) is 4. The second-order valence-electron chi connectivity index (χ2n) is 5.40. The van der Waals surface area contributed by atoms with Gasteiger partial charge in [0.1, 0.15) is 28.0 Å². The summed E-state index contributed by atoms with van der Waals surface area (Å²) in [6.07, 6.45) is -1.31. The number of amides is 1. The van der Waals surface area contributed by atoms with Crippen molar-refractivity contribution in [3.8, 4) is 0 Å². The number of carbonyl (C=O) groups excluding carboxylic acids is 2. The van der Waals surface area contributed by atoms with E-state index in [1.807, 2.05) is 5.32 Å². The van der Waals surface area contributed by atoms with Crippen LogP contribution in [-0.2, 0) is 9.53 Å². The number of rotatable bonds is 4. The molecule has 0 fully saturated rings. The summed E-state index contributed by atoms with van der Waals surface area (Å²) in [7, 11) is 0. The third-order valence-electron chi connectivity index (χ3n) is 3.57. The number of hydrogen-bond donors (Lipinski definition) is 1. The summed E-state index contributed by atoms with van der Waals surface area (Å²) in [5, 5.41) is 2.32. The molecule has 0 aliphatic rings. The number of thiophene rings is 1. The summed E-state index contributed by atoms with van der Waals surface area (Å²) >= 11 is 1.02. The van der Waals surface area contributed by atoms with E-state index in [1.54, 1.807) is 6.07 Å². The topological polar surface area (TPSA) is 55.4 Å². The van der Waals surface area contributed by atoms with Gasteiger partial charge in [-0.3, -0.25) is 4.79 Å². The molecule has 0 bridgehead atoms. The van der Waals surface area contributed by atoms with E-state index in [9.17, 15) is 22.8 Å².